The van der Waals surface area contributed by atoms with Crippen LogP contribution in [-0.2, 0) is 10.0 Å². The summed E-state index contributed by atoms with van der Waals surface area (Å²) >= 11 is 0. The molecule has 1 aliphatic carbocycles. The van der Waals surface area contributed by atoms with Crippen LogP contribution < -0.4 is 5.73 Å². The number of hydrogen-bond acceptors (Lipinski definition) is 5. The number of sulfonamides is 1. The smallest absolute Gasteiger partial charge is 0.242 e. The molecule has 0 aliphatic heterocycles. The highest BCUT2D eigenvalue weighted by Crippen LogP contribution is 2.31. The van der Waals surface area contributed by atoms with E-state index in [0.717, 1.165) is 31.5 Å². The molecule has 2 atom stereocenters. The van der Waals surface area contributed by atoms with E-state index in [2.05, 4.69) is 10.2 Å². The molecule has 0 bridgehead atoms. The molecule has 0 radical (unpaired) electrons. The first-order valence-corrected chi connectivity index (χ1v) is 8.86. The number of fused-ring (bicyclic) bond motifs is 1. The molecule has 0 aromatic carbocycles. The molecule has 2 aromatic rings. The van der Waals surface area contributed by atoms with Crippen molar-refractivity contribution in [3.63, 3.8) is 0 Å². The molecule has 0 amide bonds. The van der Waals surface area contributed by atoms with Gasteiger partial charge in [-0.1, -0.05) is 6.42 Å². The maximum absolute atomic E-state index is 12.2. The Kier molecular flexibility index (Phi) is 3.92. The van der Waals surface area contributed by atoms with Crippen molar-refractivity contribution in [3.8, 4) is 0 Å². The average Bonchev–Trinajstić information content (AvgIpc) is 2.90. The van der Waals surface area contributed by atoms with E-state index in [4.69, 9.17) is 5.73 Å². The molecule has 0 spiro atoms. The lowest BCUT2D eigenvalue weighted by Crippen LogP contribution is -2.27. The number of pyridine rings is 1. The normalized spacial score (nSPS) is 23.3. The SMILES string of the molecule is CN(C)S(=O)(=O)c1ccn2c([C@H]3CCC[C@@H](N)C3)nnc2c1. The molecule has 3 rings (SSSR count). The van der Waals surface area contributed by atoms with Crippen molar-refractivity contribution in [2.75, 3.05) is 14.1 Å². The third-order valence-corrected chi connectivity index (χ3v) is 6.08. The largest absolute Gasteiger partial charge is 0.328 e. The predicted octanol–water partition coefficient (Wildman–Crippen LogP) is 0.965. The third-order valence-electron chi connectivity index (χ3n) is 4.27. The fourth-order valence-corrected chi connectivity index (χ4v) is 3.91. The van der Waals surface area contributed by atoms with Gasteiger partial charge >= 0.3 is 0 Å². The van der Waals surface area contributed by atoms with Crippen LogP contribution in [0.2, 0.25) is 0 Å². The zero-order valence-electron chi connectivity index (χ0n) is 12.8. The second-order valence-electron chi connectivity index (χ2n) is 6.06. The predicted molar refractivity (Wildman–Crippen MR) is 83.0 cm³/mol. The number of nitrogens with zero attached hydrogens (tertiary/aromatic N) is 4. The number of nitrogens with two attached hydrogens (primary N) is 1. The summed E-state index contributed by atoms with van der Waals surface area (Å²) in [6.07, 6.45) is 5.83. The van der Waals surface area contributed by atoms with Gasteiger partial charge in [0.05, 0.1) is 4.90 Å². The standard InChI is InChI=1S/C14H21N5O2S/c1-18(2)22(20,21)12-6-7-19-13(9-12)16-17-14(19)10-4-3-5-11(15)8-10/h6-7,9-11H,3-5,8,15H2,1-2H3/t10-,11+/m0/s1. The summed E-state index contributed by atoms with van der Waals surface area (Å²) in [4.78, 5) is 0.226. The number of rotatable bonds is 3. The van der Waals surface area contributed by atoms with Crippen LogP contribution in [-0.4, -0.2) is 47.5 Å². The topological polar surface area (TPSA) is 93.6 Å². The summed E-state index contributed by atoms with van der Waals surface area (Å²) < 4.78 is 27.4. The second kappa shape index (κ2) is 5.60. The van der Waals surface area contributed by atoms with Gasteiger partial charge in [-0.05, 0) is 25.3 Å². The van der Waals surface area contributed by atoms with E-state index in [1.165, 1.54) is 18.4 Å². The van der Waals surface area contributed by atoms with E-state index in [-0.39, 0.29) is 16.9 Å². The molecule has 1 saturated carbocycles. The second-order valence-corrected chi connectivity index (χ2v) is 8.21. The van der Waals surface area contributed by atoms with Crippen molar-refractivity contribution in [2.45, 2.75) is 42.5 Å². The molecule has 7 nitrogen and oxygen atoms in total. The van der Waals surface area contributed by atoms with E-state index in [0.29, 0.717) is 5.65 Å². The first-order valence-electron chi connectivity index (χ1n) is 7.42. The average molecular weight is 323 g/mol. The van der Waals surface area contributed by atoms with Crippen LogP contribution in [0.5, 0.6) is 0 Å². The molecule has 22 heavy (non-hydrogen) atoms. The Balaban J connectivity index is 2.00. The van der Waals surface area contributed by atoms with E-state index >= 15 is 0 Å². The summed E-state index contributed by atoms with van der Waals surface area (Å²) in [6, 6.07) is 3.37. The van der Waals surface area contributed by atoms with Crippen molar-refractivity contribution < 1.29 is 8.42 Å². The van der Waals surface area contributed by atoms with E-state index < -0.39 is 10.0 Å². The molecule has 0 unspecified atom stereocenters. The fraction of sp³-hybridized carbons (Fsp3) is 0.571. The van der Waals surface area contributed by atoms with Crippen LogP contribution in [0.1, 0.15) is 37.4 Å². The maximum atomic E-state index is 12.2. The Labute approximate surface area is 130 Å². The maximum Gasteiger partial charge on any atom is 0.242 e. The van der Waals surface area contributed by atoms with Crippen molar-refractivity contribution in [1.82, 2.24) is 18.9 Å². The number of aromatic nitrogens is 3. The molecule has 2 heterocycles. The number of hydrogen-bond donors (Lipinski definition) is 1. The van der Waals surface area contributed by atoms with Crippen LogP contribution in [0.25, 0.3) is 5.65 Å². The summed E-state index contributed by atoms with van der Waals surface area (Å²) in [6.45, 7) is 0. The first-order chi connectivity index (χ1) is 10.4. The van der Waals surface area contributed by atoms with Gasteiger partial charge in [0.25, 0.3) is 0 Å². The Hall–Kier alpha value is -1.51. The molecule has 2 N–H and O–H groups in total. The van der Waals surface area contributed by atoms with Gasteiger partial charge < -0.3 is 5.73 Å². The fourth-order valence-electron chi connectivity index (χ4n) is 3.00. The summed E-state index contributed by atoms with van der Waals surface area (Å²) in [5.74, 6) is 1.16. The highest BCUT2D eigenvalue weighted by Gasteiger charge is 2.25. The minimum Gasteiger partial charge on any atom is -0.328 e. The molecule has 2 aromatic heterocycles. The highest BCUT2D eigenvalue weighted by atomic mass is 32.2. The molecule has 8 heteroatoms. The quantitative estimate of drug-likeness (QED) is 0.908. The van der Waals surface area contributed by atoms with Gasteiger partial charge in [0, 0.05) is 38.3 Å². The van der Waals surface area contributed by atoms with E-state index in [9.17, 15) is 8.42 Å². The van der Waals surface area contributed by atoms with Gasteiger partial charge in [-0.3, -0.25) is 4.40 Å². The van der Waals surface area contributed by atoms with Crippen LogP contribution >= 0.6 is 0 Å². The van der Waals surface area contributed by atoms with E-state index in [1.54, 1.807) is 18.3 Å². The first kappa shape index (κ1) is 15.4. The van der Waals surface area contributed by atoms with Crippen LogP contribution in [0.15, 0.2) is 23.2 Å². The molecule has 1 fully saturated rings. The Bertz CT molecular complexity index is 784. The van der Waals surface area contributed by atoms with Crippen LogP contribution in [0.4, 0.5) is 0 Å². The lowest BCUT2D eigenvalue weighted by molar-refractivity contribution is 0.380. The van der Waals surface area contributed by atoms with E-state index in [1.807, 2.05) is 4.40 Å². The monoisotopic (exact) mass is 323 g/mol. The van der Waals surface area contributed by atoms with Crippen molar-refractivity contribution >= 4 is 15.7 Å². The zero-order chi connectivity index (χ0) is 15.9. The highest BCUT2D eigenvalue weighted by molar-refractivity contribution is 7.89. The molecule has 1 aliphatic rings. The summed E-state index contributed by atoms with van der Waals surface area (Å²) in [5, 5.41) is 8.41. The molecule has 120 valence electrons. The molecular formula is C14H21N5O2S. The van der Waals surface area contributed by atoms with Gasteiger partial charge in [0.1, 0.15) is 5.82 Å². The Morgan fingerprint density at radius 1 is 1.32 bits per heavy atom. The Morgan fingerprint density at radius 3 is 2.77 bits per heavy atom. The Morgan fingerprint density at radius 2 is 2.09 bits per heavy atom. The van der Waals surface area contributed by atoms with Crippen LogP contribution in [0.3, 0.4) is 0 Å². The lowest BCUT2D eigenvalue weighted by atomic mass is 9.85. The van der Waals surface area contributed by atoms with Gasteiger partial charge in [-0.2, -0.15) is 0 Å². The lowest BCUT2D eigenvalue weighted by Gasteiger charge is -2.25. The van der Waals surface area contributed by atoms with Gasteiger partial charge in [0.15, 0.2) is 5.65 Å². The van der Waals surface area contributed by atoms with Gasteiger partial charge in [-0.15, -0.1) is 10.2 Å². The molecular weight excluding hydrogens is 302 g/mol. The zero-order valence-corrected chi connectivity index (χ0v) is 13.6. The summed E-state index contributed by atoms with van der Waals surface area (Å²) in [7, 11) is -0.436. The third kappa shape index (κ3) is 2.62. The van der Waals surface area contributed by atoms with Crippen molar-refractivity contribution in [2.24, 2.45) is 5.73 Å². The minimum atomic E-state index is -3.46. The van der Waals surface area contributed by atoms with Gasteiger partial charge in [0.2, 0.25) is 10.0 Å². The van der Waals surface area contributed by atoms with Crippen molar-refractivity contribution in [3.05, 3.63) is 24.2 Å². The van der Waals surface area contributed by atoms with Gasteiger partial charge in [-0.25, -0.2) is 12.7 Å². The minimum absolute atomic E-state index is 0.208. The van der Waals surface area contributed by atoms with Crippen LogP contribution in [0, 0.1) is 0 Å². The van der Waals surface area contributed by atoms with Crippen molar-refractivity contribution in [1.29, 1.82) is 0 Å². The molecule has 0 saturated heterocycles. The summed E-state index contributed by atoms with van der Waals surface area (Å²) in [5.41, 5.74) is 6.60.